The van der Waals surface area contributed by atoms with Crippen LogP contribution in [0, 0.1) is 0 Å². The first-order valence-corrected chi connectivity index (χ1v) is 7.81. The van der Waals surface area contributed by atoms with Crippen LogP contribution in [0.2, 0.25) is 0 Å². The van der Waals surface area contributed by atoms with Crippen LogP contribution in [0.3, 0.4) is 0 Å². The second kappa shape index (κ2) is 5.68. The Hall–Kier alpha value is -1.80. The maximum Gasteiger partial charge on any atom is 0.321 e. The highest BCUT2D eigenvalue weighted by atomic mass is 32.2. The van der Waals surface area contributed by atoms with Crippen molar-refractivity contribution in [3.8, 4) is 0 Å². The van der Waals surface area contributed by atoms with Gasteiger partial charge < -0.3 is 5.32 Å². The molecule has 3 N–H and O–H groups in total. The van der Waals surface area contributed by atoms with Crippen molar-refractivity contribution in [2.45, 2.75) is 19.9 Å². The second-order valence-electron chi connectivity index (χ2n) is 4.81. The average Bonchev–Trinajstić information content (AvgIpc) is 2.74. The van der Waals surface area contributed by atoms with E-state index in [0.717, 1.165) is 5.69 Å². The van der Waals surface area contributed by atoms with Gasteiger partial charge in [0.05, 0.1) is 0 Å². The third-order valence-corrected chi connectivity index (χ3v) is 3.96. The molecular formula is C12H18N4O3S. The summed E-state index contributed by atoms with van der Waals surface area (Å²) in [5, 5.41) is 2.71. The van der Waals surface area contributed by atoms with Crippen molar-refractivity contribution in [3.63, 3.8) is 0 Å². The number of hydrogen-bond donors (Lipinski definition) is 3. The SMILES string of the molecule is CC(C)NS(=O)(=O)Nc1ccc(N2CCNC2=O)cc1. The van der Waals surface area contributed by atoms with Crippen LogP contribution in [0.1, 0.15) is 13.8 Å². The number of rotatable bonds is 5. The van der Waals surface area contributed by atoms with E-state index in [-0.39, 0.29) is 12.1 Å². The van der Waals surface area contributed by atoms with Gasteiger partial charge in [0, 0.05) is 30.5 Å². The lowest BCUT2D eigenvalue weighted by atomic mass is 10.2. The summed E-state index contributed by atoms with van der Waals surface area (Å²) in [6, 6.07) is 6.34. The van der Waals surface area contributed by atoms with Crippen molar-refractivity contribution >= 4 is 27.6 Å². The van der Waals surface area contributed by atoms with E-state index in [2.05, 4.69) is 14.8 Å². The Bertz CT molecular complexity index is 583. The molecule has 2 rings (SSSR count). The highest BCUT2D eigenvalue weighted by Gasteiger charge is 2.21. The number of amides is 2. The largest absolute Gasteiger partial charge is 0.336 e. The van der Waals surface area contributed by atoms with Crippen LogP contribution in [-0.4, -0.2) is 33.6 Å². The van der Waals surface area contributed by atoms with Gasteiger partial charge in [0.15, 0.2) is 0 Å². The van der Waals surface area contributed by atoms with Crippen LogP contribution >= 0.6 is 0 Å². The highest BCUT2D eigenvalue weighted by molar-refractivity contribution is 7.90. The number of hydrogen-bond acceptors (Lipinski definition) is 3. The van der Waals surface area contributed by atoms with Gasteiger partial charge in [-0.25, -0.2) is 4.79 Å². The number of nitrogens with zero attached hydrogens (tertiary/aromatic N) is 1. The number of nitrogens with one attached hydrogen (secondary N) is 3. The Kier molecular flexibility index (Phi) is 4.15. The van der Waals surface area contributed by atoms with E-state index in [1.165, 1.54) is 0 Å². The molecule has 1 heterocycles. The van der Waals surface area contributed by atoms with E-state index in [1.54, 1.807) is 43.0 Å². The van der Waals surface area contributed by atoms with Crippen LogP contribution < -0.4 is 19.7 Å². The first-order chi connectivity index (χ1) is 9.37. The number of benzene rings is 1. The normalized spacial score (nSPS) is 15.6. The zero-order chi connectivity index (χ0) is 14.8. The number of carbonyl (C=O) groups is 1. The summed E-state index contributed by atoms with van der Waals surface area (Å²) >= 11 is 0. The highest BCUT2D eigenvalue weighted by Crippen LogP contribution is 2.19. The van der Waals surface area contributed by atoms with E-state index in [0.29, 0.717) is 18.8 Å². The van der Waals surface area contributed by atoms with Crippen LogP contribution in [0.4, 0.5) is 16.2 Å². The van der Waals surface area contributed by atoms with Crippen molar-refractivity contribution in [2.75, 3.05) is 22.7 Å². The monoisotopic (exact) mass is 298 g/mol. The molecule has 1 saturated heterocycles. The molecule has 0 atom stereocenters. The molecule has 20 heavy (non-hydrogen) atoms. The van der Waals surface area contributed by atoms with Crippen molar-refractivity contribution in [1.29, 1.82) is 0 Å². The molecule has 1 aliphatic heterocycles. The molecule has 2 amide bonds. The predicted molar refractivity (Wildman–Crippen MR) is 78.0 cm³/mol. The molecule has 0 aliphatic carbocycles. The van der Waals surface area contributed by atoms with Gasteiger partial charge in [0.1, 0.15) is 0 Å². The van der Waals surface area contributed by atoms with E-state index >= 15 is 0 Å². The summed E-state index contributed by atoms with van der Waals surface area (Å²) < 4.78 is 28.3. The molecule has 1 aromatic carbocycles. The Balaban J connectivity index is 2.07. The Morgan fingerprint density at radius 2 is 1.90 bits per heavy atom. The van der Waals surface area contributed by atoms with E-state index in [9.17, 15) is 13.2 Å². The van der Waals surface area contributed by atoms with Gasteiger partial charge in [-0.15, -0.1) is 0 Å². The first kappa shape index (κ1) is 14.6. The fraction of sp³-hybridized carbons (Fsp3) is 0.417. The second-order valence-corrected chi connectivity index (χ2v) is 6.26. The molecular weight excluding hydrogens is 280 g/mol. The summed E-state index contributed by atoms with van der Waals surface area (Å²) in [7, 11) is -3.57. The predicted octanol–water partition coefficient (Wildman–Crippen LogP) is 0.871. The molecule has 1 fully saturated rings. The van der Waals surface area contributed by atoms with E-state index < -0.39 is 10.2 Å². The molecule has 8 heteroatoms. The number of carbonyl (C=O) groups excluding carboxylic acids is 1. The number of urea groups is 1. The lowest BCUT2D eigenvalue weighted by molar-refractivity contribution is 0.252. The lowest BCUT2D eigenvalue weighted by Gasteiger charge is -2.15. The van der Waals surface area contributed by atoms with E-state index in [4.69, 9.17) is 0 Å². The van der Waals surface area contributed by atoms with Crippen molar-refractivity contribution < 1.29 is 13.2 Å². The van der Waals surface area contributed by atoms with Gasteiger partial charge in [0.25, 0.3) is 10.2 Å². The van der Waals surface area contributed by atoms with Gasteiger partial charge in [-0.3, -0.25) is 9.62 Å². The Morgan fingerprint density at radius 1 is 1.25 bits per heavy atom. The maximum absolute atomic E-state index is 11.7. The molecule has 0 unspecified atom stereocenters. The summed E-state index contributed by atoms with van der Waals surface area (Å²) in [6.07, 6.45) is 0. The molecule has 0 radical (unpaired) electrons. The summed E-state index contributed by atoms with van der Waals surface area (Å²) in [6.45, 7) is 4.72. The van der Waals surface area contributed by atoms with Gasteiger partial charge in [-0.05, 0) is 38.1 Å². The van der Waals surface area contributed by atoms with Gasteiger partial charge in [-0.2, -0.15) is 13.1 Å². The van der Waals surface area contributed by atoms with Crippen molar-refractivity contribution in [3.05, 3.63) is 24.3 Å². The minimum absolute atomic E-state index is 0.139. The van der Waals surface area contributed by atoms with E-state index in [1.807, 2.05) is 0 Å². The third-order valence-electron chi connectivity index (χ3n) is 2.68. The standard InChI is InChI=1S/C12H18N4O3S/c1-9(2)14-20(18,19)15-10-3-5-11(6-4-10)16-8-7-13-12(16)17/h3-6,9,14-15H,7-8H2,1-2H3,(H,13,17). The fourth-order valence-corrected chi connectivity index (χ4v) is 3.05. The molecule has 0 bridgehead atoms. The van der Waals surface area contributed by atoms with Crippen LogP contribution in [0.5, 0.6) is 0 Å². The summed E-state index contributed by atoms with van der Waals surface area (Å²) in [5.74, 6) is 0. The molecule has 0 spiro atoms. The minimum atomic E-state index is -3.57. The fourth-order valence-electron chi connectivity index (χ4n) is 1.92. The molecule has 1 aromatic rings. The topological polar surface area (TPSA) is 90.5 Å². The van der Waals surface area contributed by atoms with Crippen LogP contribution in [0.25, 0.3) is 0 Å². The molecule has 0 saturated carbocycles. The van der Waals surface area contributed by atoms with Gasteiger partial charge in [0.2, 0.25) is 0 Å². The molecule has 110 valence electrons. The maximum atomic E-state index is 11.7. The quantitative estimate of drug-likeness (QED) is 0.753. The Labute approximate surface area is 118 Å². The van der Waals surface area contributed by atoms with Crippen molar-refractivity contribution in [2.24, 2.45) is 0 Å². The minimum Gasteiger partial charge on any atom is -0.336 e. The molecule has 0 aromatic heterocycles. The molecule has 1 aliphatic rings. The zero-order valence-electron chi connectivity index (χ0n) is 11.4. The third kappa shape index (κ3) is 3.61. The molecule has 7 nitrogen and oxygen atoms in total. The average molecular weight is 298 g/mol. The van der Waals surface area contributed by atoms with Crippen LogP contribution in [-0.2, 0) is 10.2 Å². The van der Waals surface area contributed by atoms with Crippen LogP contribution in [0.15, 0.2) is 24.3 Å². The van der Waals surface area contributed by atoms with Crippen molar-refractivity contribution in [1.82, 2.24) is 10.0 Å². The zero-order valence-corrected chi connectivity index (χ0v) is 12.2. The number of anilines is 2. The van der Waals surface area contributed by atoms with Gasteiger partial charge >= 0.3 is 6.03 Å². The smallest absolute Gasteiger partial charge is 0.321 e. The summed E-state index contributed by atoms with van der Waals surface area (Å²) in [5.41, 5.74) is 1.18. The van der Waals surface area contributed by atoms with Gasteiger partial charge in [-0.1, -0.05) is 0 Å². The summed E-state index contributed by atoms with van der Waals surface area (Å²) in [4.78, 5) is 13.1. The first-order valence-electron chi connectivity index (χ1n) is 6.33. The Morgan fingerprint density at radius 3 is 2.40 bits per heavy atom. The lowest BCUT2D eigenvalue weighted by Crippen LogP contribution is -2.35.